The molecule has 0 aromatic heterocycles. The second-order valence-corrected chi connectivity index (χ2v) is 8.83. The van der Waals surface area contributed by atoms with Crippen LogP contribution in [0.4, 0.5) is 8.78 Å². The summed E-state index contributed by atoms with van der Waals surface area (Å²) in [5, 5.41) is 0. The zero-order valence-corrected chi connectivity index (χ0v) is 14.9. The van der Waals surface area contributed by atoms with Crippen molar-refractivity contribution in [2.45, 2.75) is 57.3 Å². The Morgan fingerprint density at radius 3 is 2.54 bits per heavy atom. The van der Waals surface area contributed by atoms with Gasteiger partial charge in [0.05, 0.1) is 4.99 Å². The normalized spacial score (nSPS) is 42.8. The summed E-state index contributed by atoms with van der Waals surface area (Å²) in [4.78, 5) is 0.569. The van der Waals surface area contributed by atoms with Crippen LogP contribution in [-0.2, 0) is 5.41 Å². The number of halogens is 2. The molecule has 0 radical (unpaired) electrons. The molecule has 4 bridgehead atoms. The topological polar surface area (TPSA) is 26.0 Å². The Bertz CT molecular complexity index is 663. The molecule has 1 aromatic carbocycles. The van der Waals surface area contributed by atoms with E-state index in [1.165, 1.54) is 5.56 Å². The second kappa shape index (κ2) is 5.23. The van der Waals surface area contributed by atoms with Crippen molar-refractivity contribution in [3.63, 3.8) is 0 Å². The number of thiocarbonyl (C=S) groups is 1. The molecule has 0 amide bonds. The van der Waals surface area contributed by atoms with Gasteiger partial charge >= 0.3 is 0 Å². The maximum atomic E-state index is 13.4. The van der Waals surface area contributed by atoms with E-state index >= 15 is 0 Å². The van der Waals surface area contributed by atoms with Crippen LogP contribution in [0.1, 0.15) is 51.0 Å². The lowest BCUT2D eigenvalue weighted by Gasteiger charge is -2.49. The summed E-state index contributed by atoms with van der Waals surface area (Å²) in [5.74, 6) is 0.520. The van der Waals surface area contributed by atoms with Crippen LogP contribution >= 0.6 is 12.2 Å². The zero-order chi connectivity index (χ0) is 17.2. The summed E-state index contributed by atoms with van der Waals surface area (Å²) in [7, 11) is 0. The lowest BCUT2D eigenvalue weighted by molar-refractivity contribution is -0.0165. The van der Waals surface area contributed by atoms with Gasteiger partial charge in [0, 0.05) is 11.8 Å². The van der Waals surface area contributed by atoms with Crippen LogP contribution in [0.25, 0.3) is 0 Å². The van der Waals surface area contributed by atoms with E-state index in [4.69, 9.17) is 18.0 Å². The summed E-state index contributed by atoms with van der Waals surface area (Å²) >= 11 is 5.51. The first-order valence-corrected chi connectivity index (χ1v) is 9.43. The van der Waals surface area contributed by atoms with Crippen LogP contribution in [0.5, 0.6) is 0 Å². The molecule has 0 saturated heterocycles. The Morgan fingerprint density at radius 2 is 1.96 bits per heavy atom. The van der Waals surface area contributed by atoms with E-state index in [1.807, 2.05) is 6.07 Å². The minimum absolute atomic E-state index is 0.00800. The summed E-state index contributed by atoms with van der Waals surface area (Å²) in [5.41, 5.74) is 7.18. The van der Waals surface area contributed by atoms with E-state index in [0.29, 0.717) is 10.9 Å². The molecule has 1 nitrogen and oxygen atoms in total. The molecular formula is C20H25F2NS. The highest BCUT2D eigenvalue weighted by molar-refractivity contribution is 7.80. The van der Waals surface area contributed by atoms with Crippen molar-refractivity contribution >= 4 is 17.2 Å². The van der Waals surface area contributed by atoms with Crippen molar-refractivity contribution in [2.24, 2.45) is 28.4 Å². The highest BCUT2D eigenvalue weighted by Gasteiger charge is 2.73. The molecule has 4 aliphatic rings. The first-order valence-electron chi connectivity index (χ1n) is 9.02. The van der Waals surface area contributed by atoms with Crippen LogP contribution in [0.2, 0.25) is 0 Å². The third-order valence-corrected chi connectivity index (χ3v) is 8.15. The Balaban J connectivity index is 1.81. The standard InChI is InChI=1S/C20H25F2NS/c1-2-19(11-16(21)22)14-8-18(13-6-4-3-5-7-13)10-15(19)20(9-14,12-18)17(23)24/h3-7,14-16H,2,8-12H2,1H3,(H2,23,24). The molecule has 2 N–H and O–H groups in total. The Labute approximate surface area is 148 Å². The van der Waals surface area contributed by atoms with Gasteiger partial charge in [-0.05, 0) is 60.3 Å². The highest BCUT2D eigenvalue weighted by atomic mass is 32.1. The molecule has 24 heavy (non-hydrogen) atoms. The van der Waals surface area contributed by atoms with Crippen LogP contribution in [0.3, 0.4) is 0 Å². The van der Waals surface area contributed by atoms with E-state index < -0.39 is 6.43 Å². The van der Waals surface area contributed by atoms with Gasteiger partial charge in [-0.3, -0.25) is 0 Å². The van der Waals surface area contributed by atoms with Crippen molar-refractivity contribution in [1.82, 2.24) is 0 Å². The number of alkyl halides is 2. The quantitative estimate of drug-likeness (QED) is 0.750. The van der Waals surface area contributed by atoms with Gasteiger partial charge in [-0.25, -0.2) is 8.78 Å². The fourth-order valence-corrected chi connectivity index (χ4v) is 7.25. The summed E-state index contributed by atoms with van der Waals surface area (Å²) in [6, 6.07) is 10.6. The predicted octanol–water partition coefficient (Wildman–Crippen LogP) is 5.08. The molecule has 4 fully saturated rings. The van der Waals surface area contributed by atoms with Gasteiger partial charge in [0.25, 0.3) is 0 Å². The maximum absolute atomic E-state index is 13.4. The molecule has 4 saturated carbocycles. The third kappa shape index (κ3) is 1.92. The van der Waals surface area contributed by atoms with Crippen molar-refractivity contribution in [1.29, 1.82) is 0 Å². The lowest BCUT2D eigenvalue weighted by Crippen LogP contribution is -2.43. The Kier molecular flexibility index (Phi) is 3.58. The molecule has 5 unspecified atom stereocenters. The average molecular weight is 349 g/mol. The van der Waals surface area contributed by atoms with E-state index in [1.54, 1.807) is 0 Å². The monoisotopic (exact) mass is 349 g/mol. The first-order chi connectivity index (χ1) is 11.4. The summed E-state index contributed by atoms with van der Waals surface area (Å²) in [6.45, 7) is 2.08. The Hall–Kier alpha value is -1.03. The van der Waals surface area contributed by atoms with E-state index in [-0.39, 0.29) is 28.6 Å². The SMILES string of the molecule is CCC1(CC(F)F)C2CC3(c4ccccc4)CC1C(C(N)=S)(C2)C3. The minimum Gasteiger partial charge on any atom is -0.393 e. The molecular weight excluding hydrogens is 324 g/mol. The van der Waals surface area contributed by atoms with Gasteiger partial charge in [-0.2, -0.15) is 0 Å². The second-order valence-electron chi connectivity index (χ2n) is 8.39. The van der Waals surface area contributed by atoms with E-state index in [2.05, 4.69) is 31.2 Å². The molecule has 4 heteroatoms. The van der Waals surface area contributed by atoms with Gasteiger partial charge < -0.3 is 5.73 Å². The number of hydrogen-bond donors (Lipinski definition) is 1. The molecule has 4 aliphatic carbocycles. The molecule has 0 aliphatic heterocycles. The van der Waals surface area contributed by atoms with Gasteiger partial charge in [-0.1, -0.05) is 49.5 Å². The van der Waals surface area contributed by atoms with Crippen molar-refractivity contribution in [2.75, 3.05) is 0 Å². The number of rotatable bonds is 5. The van der Waals surface area contributed by atoms with Crippen LogP contribution in [0, 0.1) is 22.7 Å². The molecule has 0 heterocycles. The Morgan fingerprint density at radius 1 is 1.25 bits per heavy atom. The largest absolute Gasteiger partial charge is 0.393 e. The molecule has 0 spiro atoms. The fraction of sp³-hybridized carbons (Fsp3) is 0.650. The number of nitrogens with two attached hydrogens (primary N) is 1. The van der Waals surface area contributed by atoms with Gasteiger partial charge in [0.1, 0.15) is 0 Å². The van der Waals surface area contributed by atoms with Gasteiger partial charge in [0.15, 0.2) is 0 Å². The molecule has 5 atom stereocenters. The van der Waals surface area contributed by atoms with Crippen LogP contribution in [-0.4, -0.2) is 11.4 Å². The molecule has 130 valence electrons. The number of benzene rings is 1. The zero-order valence-electron chi connectivity index (χ0n) is 14.1. The molecule has 1 aromatic rings. The van der Waals surface area contributed by atoms with Crippen molar-refractivity contribution in [3.05, 3.63) is 35.9 Å². The summed E-state index contributed by atoms with van der Waals surface area (Å²) in [6.07, 6.45) is 2.41. The van der Waals surface area contributed by atoms with Crippen LogP contribution < -0.4 is 5.73 Å². The number of hydrogen-bond acceptors (Lipinski definition) is 1. The summed E-state index contributed by atoms with van der Waals surface area (Å²) < 4.78 is 26.9. The van der Waals surface area contributed by atoms with Crippen LogP contribution in [0.15, 0.2) is 30.3 Å². The van der Waals surface area contributed by atoms with Crippen molar-refractivity contribution in [3.8, 4) is 0 Å². The minimum atomic E-state index is -2.25. The maximum Gasteiger partial charge on any atom is 0.239 e. The van der Waals surface area contributed by atoms with E-state index in [0.717, 1.165) is 32.1 Å². The third-order valence-electron chi connectivity index (χ3n) is 7.74. The predicted molar refractivity (Wildman–Crippen MR) is 96.1 cm³/mol. The average Bonchev–Trinajstić information content (AvgIpc) is 2.92. The van der Waals surface area contributed by atoms with E-state index in [9.17, 15) is 8.78 Å². The highest BCUT2D eigenvalue weighted by Crippen LogP contribution is 2.78. The lowest BCUT2D eigenvalue weighted by atomic mass is 9.55. The first kappa shape index (κ1) is 16.4. The smallest absolute Gasteiger partial charge is 0.239 e. The van der Waals surface area contributed by atoms with Gasteiger partial charge in [-0.15, -0.1) is 0 Å². The van der Waals surface area contributed by atoms with Gasteiger partial charge in [0.2, 0.25) is 6.43 Å². The fourth-order valence-electron chi connectivity index (χ4n) is 6.95. The molecule has 5 rings (SSSR count). The van der Waals surface area contributed by atoms with Crippen molar-refractivity contribution < 1.29 is 8.78 Å².